The summed E-state index contributed by atoms with van der Waals surface area (Å²) in [5.41, 5.74) is 6.11. The summed E-state index contributed by atoms with van der Waals surface area (Å²) in [6, 6.07) is 3.27. The highest BCUT2D eigenvalue weighted by atomic mass is 79.9. The molecule has 2 N–H and O–H groups in total. The zero-order chi connectivity index (χ0) is 14.9. The SMILES string of the molecule is CCC1CN(S(=O)(=O)c2c(N)cc(Br)cc2Br)CCO1. The number of rotatable bonds is 3. The topological polar surface area (TPSA) is 72.6 Å². The maximum absolute atomic E-state index is 12.7. The summed E-state index contributed by atoms with van der Waals surface area (Å²) >= 11 is 6.58. The van der Waals surface area contributed by atoms with Gasteiger partial charge in [-0.25, -0.2) is 8.42 Å². The van der Waals surface area contributed by atoms with Crippen molar-refractivity contribution in [2.24, 2.45) is 0 Å². The Morgan fingerprint density at radius 1 is 1.45 bits per heavy atom. The van der Waals surface area contributed by atoms with E-state index >= 15 is 0 Å². The maximum Gasteiger partial charge on any atom is 0.246 e. The minimum Gasteiger partial charge on any atom is -0.398 e. The minimum atomic E-state index is -3.62. The Morgan fingerprint density at radius 3 is 2.75 bits per heavy atom. The summed E-state index contributed by atoms with van der Waals surface area (Å²) in [5, 5.41) is 0. The molecule has 1 atom stereocenters. The van der Waals surface area contributed by atoms with Crippen LogP contribution in [0.15, 0.2) is 26.0 Å². The molecule has 1 aromatic rings. The Balaban J connectivity index is 2.40. The predicted octanol–water partition coefficient (Wildman–Crippen LogP) is 2.59. The van der Waals surface area contributed by atoms with Crippen LogP contribution in [0.1, 0.15) is 13.3 Å². The van der Waals surface area contributed by atoms with Crippen LogP contribution in [0.4, 0.5) is 5.69 Å². The Labute approximate surface area is 135 Å². The van der Waals surface area contributed by atoms with Gasteiger partial charge in [-0.05, 0) is 34.5 Å². The van der Waals surface area contributed by atoms with Gasteiger partial charge < -0.3 is 10.5 Å². The summed E-state index contributed by atoms with van der Waals surface area (Å²) in [4.78, 5) is 0.123. The molecule has 0 bridgehead atoms. The summed E-state index contributed by atoms with van der Waals surface area (Å²) < 4.78 is 33.6. The predicted molar refractivity (Wildman–Crippen MR) is 85.0 cm³/mol. The number of sulfonamides is 1. The second-order valence-corrected chi connectivity index (χ2v) is 8.21. The van der Waals surface area contributed by atoms with Gasteiger partial charge in [-0.15, -0.1) is 0 Å². The molecule has 1 aliphatic rings. The lowest BCUT2D eigenvalue weighted by atomic mass is 10.2. The standard InChI is InChI=1S/C12H16Br2N2O3S/c1-2-9-7-16(3-4-19-9)20(17,18)12-10(14)5-8(13)6-11(12)15/h5-6,9H,2-4,7,15H2,1H3. The van der Waals surface area contributed by atoms with E-state index < -0.39 is 10.0 Å². The molecule has 2 rings (SSSR count). The van der Waals surface area contributed by atoms with Crippen LogP contribution < -0.4 is 5.73 Å². The second kappa shape index (κ2) is 6.31. The van der Waals surface area contributed by atoms with Crippen LogP contribution in [-0.4, -0.2) is 38.5 Å². The highest BCUT2D eigenvalue weighted by Crippen LogP contribution is 2.34. The van der Waals surface area contributed by atoms with Gasteiger partial charge in [0.05, 0.1) is 18.4 Å². The maximum atomic E-state index is 12.7. The van der Waals surface area contributed by atoms with E-state index in [1.54, 1.807) is 12.1 Å². The van der Waals surface area contributed by atoms with Gasteiger partial charge in [0.2, 0.25) is 10.0 Å². The lowest BCUT2D eigenvalue weighted by molar-refractivity contribution is -0.00277. The van der Waals surface area contributed by atoms with Gasteiger partial charge in [0.25, 0.3) is 0 Å². The summed E-state index contributed by atoms with van der Waals surface area (Å²) in [6.07, 6.45) is 0.720. The van der Waals surface area contributed by atoms with Gasteiger partial charge >= 0.3 is 0 Å². The largest absolute Gasteiger partial charge is 0.398 e. The van der Waals surface area contributed by atoms with Crippen molar-refractivity contribution in [3.63, 3.8) is 0 Å². The molecular weight excluding hydrogens is 412 g/mol. The zero-order valence-corrected chi connectivity index (χ0v) is 15.0. The van der Waals surface area contributed by atoms with Gasteiger partial charge in [-0.2, -0.15) is 4.31 Å². The van der Waals surface area contributed by atoms with E-state index in [1.807, 2.05) is 6.92 Å². The van der Waals surface area contributed by atoms with Gasteiger partial charge in [0.15, 0.2) is 0 Å². The van der Waals surface area contributed by atoms with Crippen molar-refractivity contribution in [2.75, 3.05) is 25.4 Å². The Hall–Kier alpha value is -0.150. The molecule has 1 aliphatic heterocycles. The third-order valence-corrected chi connectivity index (χ3v) is 6.52. The normalized spacial score (nSPS) is 21.1. The van der Waals surface area contributed by atoms with Crippen LogP contribution in [0, 0.1) is 0 Å². The fraction of sp³-hybridized carbons (Fsp3) is 0.500. The van der Waals surface area contributed by atoms with Crippen molar-refractivity contribution in [3.8, 4) is 0 Å². The number of anilines is 1. The number of nitrogen functional groups attached to an aromatic ring is 1. The van der Waals surface area contributed by atoms with E-state index in [4.69, 9.17) is 10.5 Å². The molecule has 0 amide bonds. The monoisotopic (exact) mass is 426 g/mol. The first-order chi connectivity index (χ1) is 9.36. The van der Waals surface area contributed by atoms with Gasteiger partial charge in [-0.3, -0.25) is 0 Å². The molecule has 1 aromatic carbocycles. The van der Waals surface area contributed by atoms with E-state index in [-0.39, 0.29) is 16.7 Å². The number of halogens is 2. The molecule has 1 fully saturated rings. The fourth-order valence-corrected chi connectivity index (χ4v) is 5.61. The van der Waals surface area contributed by atoms with Crippen LogP contribution in [0.2, 0.25) is 0 Å². The summed E-state index contributed by atoms with van der Waals surface area (Å²) in [5.74, 6) is 0. The number of morpholine rings is 1. The molecule has 1 unspecified atom stereocenters. The second-order valence-electron chi connectivity index (χ2n) is 4.57. The number of nitrogens with two attached hydrogens (primary N) is 1. The smallest absolute Gasteiger partial charge is 0.246 e. The van der Waals surface area contributed by atoms with Crippen molar-refractivity contribution in [3.05, 3.63) is 21.1 Å². The highest BCUT2D eigenvalue weighted by Gasteiger charge is 2.33. The van der Waals surface area contributed by atoms with Gasteiger partial charge in [-0.1, -0.05) is 22.9 Å². The fourth-order valence-electron chi connectivity index (χ4n) is 2.14. The molecule has 0 spiro atoms. The summed E-state index contributed by atoms with van der Waals surface area (Å²) in [7, 11) is -3.62. The molecule has 0 radical (unpaired) electrons. The van der Waals surface area contributed by atoms with E-state index in [0.717, 1.165) is 10.9 Å². The van der Waals surface area contributed by atoms with Crippen LogP contribution in [-0.2, 0) is 14.8 Å². The average molecular weight is 428 g/mol. The van der Waals surface area contributed by atoms with Crippen molar-refractivity contribution >= 4 is 47.6 Å². The molecule has 112 valence electrons. The molecule has 1 saturated heterocycles. The van der Waals surface area contributed by atoms with E-state index in [9.17, 15) is 8.42 Å². The molecule has 0 saturated carbocycles. The molecule has 1 heterocycles. The molecule has 8 heteroatoms. The van der Waals surface area contributed by atoms with Gasteiger partial charge in [0, 0.05) is 22.0 Å². The molecular formula is C12H16Br2N2O3S. The lowest BCUT2D eigenvalue weighted by Crippen LogP contribution is -2.45. The molecule has 0 aliphatic carbocycles. The van der Waals surface area contributed by atoms with E-state index in [2.05, 4.69) is 31.9 Å². The molecule has 20 heavy (non-hydrogen) atoms. The first-order valence-electron chi connectivity index (χ1n) is 6.22. The van der Waals surface area contributed by atoms with Crippen LogP contribution in [0.3, 0.4) is 0 Å². The minimum absolute atomic E-state index is 0.0611. The first kappa shape index (κ1) is 16.2. The molecule has 0 aromatic heterocycles. The number of hydrogen-bond donors (Lipinski definition) is 1. The van der Waals surface area contributed by atoms with E-state index in [1.165, 1.54) is 4.31 Å². The van der Waals surface area contributed by atoms with E-state index in [0.29, 0.717) is 24.2 Å². The number of benzene rings is 1. The lowest BCUT2D eigenvalue weighted by Gasteiger charge is -2.32. The van der Waals surface area contributed by atoms with Gasteiger partial charge in [0.1, 0.15) is 4.90 Å². The average Bonchev–Trinajstić information content (AvgIpc) is 2.37. The first-order valence-corrected chi connectivity index (χ1v) is 9.25. The molecule has 5 nitrogen and oxygen atoms in total. The van der Waals surface area contributed by atoms with Crippen molar-refractivity contribution in [2.45, 2.75) is 24.3 Å². The highest BCUT2D eigenvalue weighted by molar-refractivity contribution is 9.11. The zero-order valence-electron chi connectivity index (χ0n) is 11.0. The van der Waals surface area contributed by atoms with Crippen LogP contribution in [0.5, 0.6) is 0 Å². The quantitative estimate of drug-likeness (QED) is 0.752. The van der Waals surface area contributed by atoms with Crippen molar-refractivity contribution < 1.29 is 13.2 Å². The van der Waals surface area contributed by atoms with Crippen molar-refractivity contribution in [1.29, 1.82) is 0 Å². The Bertz CT molecular complexity index is 584. The van der Waals surface area contributed by atoms with Crippen LogP contribution >= 0.6 is 31.9 Å². The van der Waals surface area contributed by atoms with Crippen LogP contribution in [0.25, 0.3) is 0 Å². The summed E-state index contributed by atoms with van der Waals surface area (Å²) in [6.45, 7) is 3.10. The third-order valence-electron chi connectivity index (χ3n) is 3.19. The number of ether oxygens (including phenoxy) is 1. The third kappa shape index (κ3) is 3.19. The number of hydrogen-bond acceptors (Lipinski definition) is 4. The van der Waals surface area contributed by atoms with Crippen molar-refractivity contribution in [1.82, 2.24) is 4.31 Å². The Kier molecular flexibility index (Phi) is 5.12. The number of nitrogens with zero attached hydrogens (tertiary/aromatic N) is 1. The Morgan fingerprint density at radius 2 is 2.15 bits per heavy atom.